The van der Waals surface area contributed by atoms with E-state index in [-0.39, 0.29) is 0 Å². The van der Waals surface area contributed by atoms with Gasteiger partial charge in [-0.1, -0.05) is 31.5 Å². The number of hydrogen-bond acceptors (Lipinski definition) is 2. The summed E-state index contributed by atoms with van der Waals surface area (Å²) in [5.41, 5.74) is 2.02. The van der Waals surface area contributed by atoms with Crippen LogP contribution in [0.1, 0.15) is 45.3 Å². The van der Waals surface area contributed by atoms with E-state index in [1.54, 1.807) is 6.92 Å². The first-order valence-corrected chi connectivity index (χ1v) is 5.68. The minimum Gasteiger partial charge on any atom is -0.389 e. The lowest BCUT2D eigenvalue weighted by Gasteiger charge is -2.18. The molecule has 15 heavy (non-hydrogen) atoms. The van der Waals surface area contributed by atoms with Crippen molar-refractivity contribution in [3.63, 3.8) is 0 Å². The van der Waals surface area contributed by atoms with Crippen molar-refractivity contribution in [1.29, 1.82) is 0 Å². The molecule has 0 spiro atoms. The summed E-state index contributed by atoms with van der Waals surface area (Å²) in [6, 6.07) is 8.39. The maximum atomic E-state index is 9.61. The van der Waals surface area contributed by atoms with E-state index in [1.165, 1.54) is 6.42 Å². The summed E-state index contributed by atoms with van der Waals surface area (Å²) in [5.74, 6) is 0. The van der Waals surface area contributed by atoms with Crippen LogP contribution in [0.25, 0.3) is 0 Å². The lowest BCUT2D eigenvalue weighted by atomic mass is 10.1. The van der Waals surface area contributed by atoms with Crippen LogP contribution in [0, 0.1) is 0 Å². The summed E-state index contributed by atoms with van der Waals surface area (Å²) in [5, 5.41) is 13.0. The molecule has 0 aliphatic carbocycles. The van der Waals surface area contributed by atoms with Crippen LogP contribution in [0.5, 0.6) is 0 Å². The second-order valence-electron chi connectivity index (χ2n) is 4.10. The highest BCUT2D eigenvalue weighted by Crippen LogP contribution is 2.23. The Morgan fingerprint density at radius 2 is 1.93 bits per heavy atom. The topological polar surface area (TPSA) is 32.3 Å². The minimum atomic E-state index is -0.414. The van der Waals surface area contributed by atoms with Gasteiger partial charge in [0.1, 0.15) is 0 Å². The van der Waals surface area contributed by atoms with E-state index in [1.807, 2.05) is 24.3 Å². The molecule has 2 heteroatoms. The minimum absolute atomic E-state index is 0.414. The second kappa shape index (κ2) is 5.76. The lowest BCUT2D eigenvalue weighted by molar-refractivity contribution is 0.200. The molecule has 0 fully saturated rings. The Morgan fingerprint density at radius 3 is 2.53 bits per heavy atom. The molecule has 2 nitrogen and oxygen atoms in total. The number of anilines is 1. The lowest BCUT2D eigenvalue weighted by Crippen LogP contribution is -2.16. The van der Waals surface area contributed by atoms with Gasteiger partial charge in [-0.25, -0.2) is 0 Å². The van der Waals surface area contributed by atoms with Crippen LogP contribution in [0.2, 0.25) is 0 Å². The SMILES string of the molecule is CCCC(C)Nc1ccccc1C(C)O. The van der Waals surface area contributed by atoms with Crippen molar-refractivity contribution in [2.45, 2.75) is 45.8 Å². The van der Waals surface area contributed by atoms with E-state index in [0.29, 0.717) is 6.04 Å². The van der Waals surface area contributed by atoms with Crippen molar-refractivity contribution < 1.29 is 5.11 Å². The molecule has 1 rings (SSSR count). The van der Waals surface area contributed by atoms with Gasteiger partial charge in [0.05, 0.1) is 6.10 Å². The maximum absolute atomic E-state index is 9.61. The van der Waals surface area contributed by atoms with Gasteiger partial charge >= 0.3 is 0 Å². The highest BCUT2D eigenvalue weighted by atomic mass is 16.3. The van der Waals surface area contributed by atoms with Gasteiger partial charge in [-0.3, -0.25) is 0 Å². The molecule has 0 heterocycles. The summed E-state index contributed by atoms with van der Waals surface area (Å²) in [6.07, 6.45) is 1.90. The quantitative estimate of drug-likeness (QED) is 0.776. The first-order valence-electron chi connectivity index (χ1n) is 5.68. The molecule has 0 aromatic heterocycles. The number of aliphatic hydroxyl groups is 1. The maximum Gasteiger partial charge on any atom is 0.0781 e. The Labute approximate surface area is 92.3 Å². The number of nitrogens with one attached hydrogen (secondary N) is 1. The van der Waals surface area contributed by atoms with E-state index in [4.69, 9.17) is 0 Å². The third-order valence-corrected chi connectivity index (χ3v) is 2.53. The fraction of sp³-hybridized carbons (Fsp3) is 0.538. The third-order valence-electron chi connectivity index (χ3n) is 2.53. The monoisotopic (exact) mass is 207 g/mol. The zero-order chi connectivity index (χ0) is 11.3. The fourth-order valence-electron chi connectivity index (χ4n) is 1.76. The molecule has 0 aliphatic rings. The Hall–Kier alpha value is -1.02. The molecule has 0 bridgehead atoms. The Kier molecular flexibility index (Phi) is 4.63. The molecule has 2 unspecified atom stereocenters. The van der Waals surface area contributed by atoms with Gasteiger partial charge in [0.15, 0.2) is 0 Å². The second-order valence-corrected chi connectivity index (χ2v) is 4.10. The zero-order valence-electron chi connectivity index (χ0n) is 9.83. The van der Waals surface area contributed by atoms with Crippen LogP contribution in [0.4, 0.5) is 5.69 Å². The van der Waals surface area contributed by atoms with Crippen LogP contribution >= 0.6 is 0 Å². The van der Waals surface area contributed by atoms with E-state index < -0.39 is 6.10 Å². The Balaban J connectivity index is 2.75. The van der Waals surface area contributed by atoms with Crippen LogP contribution in [0.15, 0.2) is 24.3 Å². The van der Waals surface area contributed by atoms with Crippen molar-refractivity contribution in [1.82, 2.24) is 0 Å². The summed E-state index contributed by atoms with van der Waals surface area (Å²) in [4.78, 5) is 0. The summed E-state index contributed by atoms with van der Waals surface area (Å²) in [6.45, 7) is 6.14. The van der Waals surface area contributed by atoms with Crippen molar-refractivity contribution in [2.24, 2.45) is 0 Å². The van der Waals surface area contributed by atoms with Crippen molar-refractivity contribution in [3.05, 3.63) is 29.8 Å². The zero-order valence-corrected chi connectivity index (χ0v) is 9.83. The predicted octanol–water partition coefficient (Wildman–Crippen LogP) is 3.34. The van der Waals surface area contributed by atoms with Crippen LogP contribution in [-0.2, 0) is 0 Å². The molecule has 0 amide bonds. The van der Waals surface area contributed by atoms with Gasteiger partial charge < -0.3 is 10.4 Å². The van der Waals surface area contributed by atoms with Crippen molar-refractivity contribution >= 4 is 5.69 Å². The molecule has 0 saturated heterocycles. The third kappa shape index (κ3) is 3.56. The molecule has 2 atom stereocenters. The summed E-state index contributed by atoms with van der Waals surface area (Å²) < 4.78 is 0. The van der Waals surface area contributed by atoms with Gasteiger partial charge in [-0.15, -0.1) is 0 Å². The first kappa shape index (κ1) is 12.1. The Morgan fingerprint density at radius 1 is 1.27 bits per heavy atom. The number of rotatable bonds is 5. The molecule has 0 aliphatic heterocycles. The van der Waals surface area contributed by atoms with Crippen LogP contribution < -0.4 is 5.32 Å². The number of aliphatic hydroxyl groups excluding tert-OH is 1. The molecule has 1 aromatic carbocycles. The molecule has 0 radical (unpaired) electrons. The number of para-hydroxylation sites is 1. The van der Waals surface area contributed by atoms with Crippen molar-refractivity contribution in [2.75, 3.05) is 5.32 Å². The largest absolute Gasteiger partial charge is 0.389 e. The standard InChI is InChI=1S/C13H21NO/c1-4-7-10(2)14-13-9-6-5-8-12(13)11(3)15/h5-6,8-11,14-15H,4,7H2,1-3H3. The Bertz CT molecular complexity index is 296. The predicted molar refractivity (Wildman–Crippen MR) is 65.1 cm³/mol. The van der Waals surface area contributed by atoms with E-state index in [2.05, 4.69) is 19.2 Å². The molecule has 1 aromatic rings. The van der Waals surface area contributed by atoms with Crippen LogP contribution in [-0.4, -0.2) is 11.1 Å². The van der Waals surface area contributed by atoms with Crippen LogP contribution in [0.3, 0.4) is 0 Å². The molecule has 0 saturated carbocycles. The molecular weight excluding hydrogens is 186 g/mol. The molecular formula is C13H21NO. The normalized spacial score (nSPS) is 14.7. The number of benzene rings is 1. The van der Waals surface area contributed by atoms with Gasteiger partial charge in [-0.05, 0) is 26.3 Å². The smallest absolute Gasteiger partial charge is 0.0781 e. The average molecular weight is 207 g/mol. The fourth-order valence-corrected chi connectivity index (χ4v) is 1.76. The average Bonchev–Trinajstić information content (AvgIpc) is 2.18. The molecule has 2 N–H and O–H groups in total. The van der Waals surface area contributed by atoms with Crippen molar-refractivity contribution in [3.8, 4) is 0 Å². The highest BCUT2D eigenvalue weighted by Gasteiger charge is 2.08. The van der Waals surface area contributed by atoms with E-state index in [9.17, 15) is 5.11 Å². The van der Waals surface area contributed by atoms with Gasteiger partial charge in [-0.2, -0.15) is 0 Å². The number of hydrogen-bond donors (Lipinski definition) is 2. The van der Waals surface area contributed by atoms with Gasteiger partial charge in [0, 0.05) is 17.3 Å². The first-order chi connectivity index (χ1) is 7.15. The summed E-state index contributed by atoms with van der Waals surface area (Å²) in [7, 11) is 0. The highest BCUT2D eigenvalue weighted by molar-refractivity contribution is 5.52. The van der Waals surface area contributed by atoms with Gasteiger partial charge in [0.25, 0.3) is 0 Å². The van der Waals surface area contributed by atoms with Gasteiger partial charge in [0.2, 0.25) is 0 Å². The molecule has 84 valence electrons. The summed E-state index contributed by atoms with van der Waals surface area (Å²) >= 11 is 0. The van der Waals surface area contributed by atoms with E-state index in [0.717, 1.165) is 17.7 Å². The van der Waals surface area contributed by atoms with E-state index >= 15 is 0 Å².